The van der Waals surface area contributed by atoms with Gasteiger partial charge in [-0.15, -0.1) is 0 Å². The summed E-state index contributed by atoms with van der Waals surface area (Å²) in [5, 5.41) is 3.01. The zero-order valence-electron chi connectivity index (χ0n) is 16.6. The van der Waals surface area contributed by atoms with Crippen molar-refractivity contribution in [2.24, 2.45) is 5.92 Å². The Morgan fingerprint density at radius 1 is 1.19 bits per heavy atom. The molecule has 2 heterocycles. The summed E-state index contributed by atoms with van der Waals surface area (Å²) in [5.41, 5.74) is 2.33. The van der Waals surface area contributed by atoms with Gasteiger partial charge in [-0.3, -0.25) is 4.79 Å². The molecule has 3 amide bonds. The van der Waals surface area contributed by atoms with E-state index in [1.54, 1.807) is 0 Å². The largest absolute Gasteiger partial charge is 0.378 e. The van der Waals surface area contributed by atoms with Gasteiger partial charge in [0.1, 0.15) is 0 Å². The van der Waals surface area contributed by atoms with Crippen LogP contribution in [0, 0.1) is 12.8 Å². The van der Waals surface area contributed by atoms with Gasteiger partial charge < -0.3 is 19.9 Å². The lowest BCUT2D eigenvalue weighted by Gasteiger charge is -2.41. The number of piperidine rings is 1. The fourth-order valence-corrected chi connectivity index (χ4v) is 3.99. The van der Waals surface area contributed by atoms with Crippen molar-refractivity contribution < 1.29 is 14.3 Å². The van der Waals surface area contributed by atoms with Crippen LogP contribution in [0.2, 0.25) is 0 Å². The lowest BCUT2D eigenvalue weighted by molar-refractivity contribution is -0.141. The predicted octanol–water partition coefficient (Wildman–Crippen LogP) is 2.72. The van der Waals surface area contributed by atoms with Crippen LogP contribution in [0.4, 0.5) is 4.79 Å². The standard InChI is InChI=1S/C21H31N3O3/c1-15(2)22-21(26)24-14-18(20(25)23-9-11-27-12-10-23)7-8-19(24)17-6-4-5-16(3)13-17/h4-6,13,15,18-19H,7-12,14H2,1-3H3,(H,22,26)/t18-,19-/m0/s1. The number of rotatable bonds is 3. The van der Waals surface area contributed by atoms with Gasteiger partial charge >= 0.3 is 6.03 Å². The van der Waals surface area contributed by atoms with Crippen LogP contribution in [0.25, 0.3) is 0 Å². The molecular formula is C21H31N3O3. The average Bonchev–Trinajstić information content (AvgIpc) is 2.67. The van der Waals surface area contributed by atoms with E-state index in [-0.39, 0.29) is 29.9 Å². The summed E-state index contributed by atoms with van der Waals surface area (Å²) in [5.74, 6) is 0.0189. The van der Waals surface area contributed by atoms with Gasteiger partial charge in [0.05, 0.1) is 25.2 Å². The Hall–Kier alpha value is -2.08. The van der Waals surface area contributed by atoms with Crippen LogP contribution < -0.4 is 5.32 Å². The van der Waals surface area contributed by atoms with E-state index in [2.05, 4.69) is 30.4 Å². The van der Waals surface area contributed by atoms with Crippen molar-refractivity contribution in [1.29, 1.82) is 0 Å². The molecule has 0 unspecified atom stereocenters. The van der Waals surface area contributed by atoms with Gasteiger partial charge in [-0.25, -0.2) is 4.79 Å². The number of hydrogen-bond donors (Lipinski definition) is 1. The number of nitrogens with zero attached hydrogens (tertiary/aromatic N) is 2. The van der Waals surface area contributed by atoms with Gasteiger partial charge in [0.15, 0.2) is 0 Å². The minimum absolute atomic E-state index is 0.0115. The fourth-order valence-electron chi connectivity index (χ4n) is 3.99. The van der Waals surface area contributed by atoms with E-state index in [4.69, 9.17) is 4.74 Å². The maximum atomic E-state index is 13.0. The third kappa shape index (κ3) is 4.80. The zero-order valence-corrected chi connectivity index (χ0v) is 16.6. The van der Waals surface area contributed by atoms with Gasteiger partial charge in [-0.1, -0.05) is 29.8 Å². The minimum Gasteiger partial charge on any atom is -0.378 e. The number of hydrogen-bond acceptors (Lipinski definition) is 3. The van der Waals surface area contributed by atoms with Gasteiger partial charge in [0, 0.05) is 25.7 Å². The maximum absolute atomic E-state index is 13.0. The highest BCUT2D eigenvalue weighted by atomic mass is 16.5. The van der Waals surface area contributed by atoms with Crippen LogP contribution in [0.3, 0.4) is 0 Å². The topological polar surface area (TPSA) is 61.9 Å². The van der Waals surface area contributed by atoms with Crippen molar-refractivity contribution in [2.45, 2.75) is 45.7 Å². The van der Waals surface area contributed by atoms with Crippen molar-refractivity contribution in [3.8, 4) is 0 Å². The van der Waals surface area contributed by atoms with E-state index in [1.807, 2.05) is 29.7 Å². The zero-order chi connectivity index (χ0) is 19.4. The molecule has 2 aliphatic heterocycles. The maximum Gasteiger partial charge on any atom is 0.318 e. The van der Waals surface area contributed by atoms with Crippen molar-refractivity contribution >= 4 is 11.9 Å². The molecule has 0 bridgehead atoms. The van der Waals surface area contributed by atoms with E-state index in [0.717, 1.165) is 18.4 Å². The van der Waals surface area contributed by atoms with E-state index in [9.17, 15) is 9.59 Å². The highest BCUT2D eigenvalue weighted by Gasteiger charge is 2.37. The number of aryl methyl sites for hydroxylation is 1. The van der Waals surface area contributed by atoms with Crippen LogP contribution >= 0.6 is 0 Å². The first-order valence-corrected chi connectivity index (χ1v) is 9.96. The van der Waals surface area contributed by atoms with Crippen molar-refractivity contribution in [3.63, 3.8) is 0 Å². The lowest BCUT2D eigenvalue weighted by atomic mass is 9.87. The second-order valence-electron chi connectivity index (χ2n) is 7.90. The molecule has 0 aromatic heterocycles. The van der Waals surface area contributed by atoms with Crippen molar-refractivity contribution in [1.82, 2.24) is 15.1 Å². The molecule has 0 saturated carbocycles. The summed E-state index contributed by atoms with van der Waals surface area (Å²) in [6, 6.07) is 8.31. The summed E-state index contributed by atoms with van der Waals surface area (Å²) in [6.45, 7) is 8.94. The third-order valence-electron chi connectivity index (χ3n) is 5.35. The molecule has 3 rings (SSSR count). The number of carbonyl (C=O) groups is 2. The van der Waals surface area contributed by atoms with E-state index >= 15 is 0 Å². The molecule has 1 N–H and O–H groups in total. The van der Waals surface area contributed by atoms with Crippen molar-refractivity contribution in [3.05, 3.63) is 35.4 Å². The average molecular weight is 373 g/mol. The highest BCUT2D eigenvalue weighted by Crippen LogP contribution is 2.34. The number of carbonyl (C=O) groups excluding carboxylic acids is 2. The van der Waals surface area contributed by atoms with Gasteiger partial charge in [-0.2, -0.15) is 0 Å². The molecule has 0 aliphatic carbocycles. The van der Waals surface area contributed by atoms with Gasteiger partial charge in [-0.05, 0) is 39.2 Å². The number of likely N-dealkylation sites (tertiary alicyclic amines) is 1. The highest BCUT2D eigenvalue weighted by molar-refractivity contribution is 5.81. The van der Waals surface area contributed by atoms with Crippen molar-refractivity contribution in [2.75, 3.05) is 32.8 Å². The van der Waals surface area contributed by atoms with Crippen LogP contribution in [0.5, 0.6) is 0 Å². The number of amides is 3. The number of urea groups is 1. The first-order valence-electron chi connectivity index (χ1n) is 9.96. The minimum atomic E-state index is -0.137. The molecule has 148 valence electrons. The molecule has 2 fully saturated rings. The van der Waals surface area contributed by atoms with Crippen LogP contribution in [-0.2, 0) is 9.53 Å². The summed E-state index contributed by atoms with van der Waals surface area (Å²) < 4.78 is 5.36. The molecule has 2 saturated heterocycles. The number of ether oxygens (including phenoxy) is 1. The molecule has 2 aliphatic rings. The SMILES string of the molecule is Cc1cccc([C@@H]2CC[C@H](C(=O)N3CCOCC3)CN2C(=O)NC(C)C)c1. The predicted molar refractivity (Wildman–Crippen MR) is 104 cm³/mol. The number of morpholine rings is 1. The molecule has 0 spiro atoms. The Balaban J connectivity index is 1.78. The smallest absolute Gasteiger partial charge is 0.318 e. The summed E-state index contributed by atoms with van der Waals surface area (Å²) in [4.78, 5) is 29.6. The summed E-state index contributed by atoms with van der Waals surface area (Å²) >= 11 is 0. The molecule has 1 aromatic carbocycles. The molecule has 6 heteroatoms. The second-order valence-corrected chi connectivity index (χ2v) is 7.90. The van der Waals surface area contributed by atoms with Crippen LogP contribution in [0.15, 0.2) is 24.3 Å². The van der Waals surface area contributed by atoms with Crippen LogP contribution in [0.1, 0.15) is 43.9 Å². The van der Waals surface area contributed by atoms with Gasteiger partial charge in [0.2, 0.25) is 5.91 Å². The Morgan fingerprint density at radius 3 is 2.59 bits per heavy atom. The molecule has 27 heavy (non-hydrogen) atoms. The van der Waals surface area contributed by atoms with E-state index < -0.39 is 0 Å². The Kier molecular flexibility index (Phi) is 6.37. The molecule has 0 radical (unpaired) electrons. The molecular weight excluding hydrogens is 342 g/mol. The Bertz CT molecular complexity index is 670. The second kappa shape index (κ2) is 8.74. The number of benzene rings is 1. The van der Waals surface area contributed by atoms with E-state index in [0.29, 0.717) is 32.8 Å². The number of nitrogens with one attached hydrogen (secondary N) is 1. The Morgan fingerprint density at radius 2 is 1.93 bits per heavy atom. The van der Waals surface area contributed by atoms with Crippen LogP contribution in [-0.4, -0.2) is 60.6 Å². The summed E-state index contributed by atoms with van der Waals surface area (Å²) in [6.07, 6.45) is 1.61. The molecule has 1 aromatic rings. The monoisotopic (exact) mass is 373 g/mol. The lowest BCUT2D eigenvalue weighted by Crippen LogP contribution is -2.53. The normalized spacial score (nSPS) is 23.4. The fraction of sp³-hybridized carbons (Fsp3) is 0.619. The first kappa shape index (κ1) is 19.7. The Labute approximate surface area is 161 Å². The quantitative estimate of drug-likeness (QED) is 0.886. The third-order valence-corrected chi connectivity index (χ3v) is 5.35. The first-order chi connectivity index (χ1) is 13.0. The van der Waals surface area contributed by atoms with E-state index in [1.165, 1.54) is 5.56 Å². The van der Waals surface area contributed by atoms with Gasteiger partial charge in [0.25, 0.3) is 0 Å². The molecule has 2 atom stereocenters. The molecule has 6 nitrogen and oxygen atoms in total. The summed E-state index contributed by atoms with van der Waals surface area (Å²) in [7, 11) is 0.